The second-order valence-electron chi connectivity index (χ2n) is 9.39. The molecule has 0 aromatic heterocycles. The van der Waals surface area contributed by atoms with Crippen LogP contribution in [0.2, 0.25) is 0 Å². The van der Waals surface area contributed by atoms with E-state index in [1.54, 1.807) is 36.4 Å². The Morgan fingerprint density at radius 1 is 0.293 bits per heavy atom. The molecule has 0 fully saturated rings. The van der Waals surface area contributed by atoms with Gasteiger partial charge in [0.15, 0.2) is 0 Å². The molecule has 0 spiro atoms. The Labute approximate surface area is 240 Å². The molecule has 200 valence electrons. The van der Waals surface area contributed by atoms with Gasteiger partial charge in [-0.25, -0.2) is 0 Å². The lowest BCUT2D eigenvalue weighted by atomic mass is 10.1. The molecule has 0 atom stereocenters. The molecule has 0 amide bonds. The van der Waals surface area contributed by atoms with Crippen molar-refractivity contribution in [3.8, 4) is 50.6 Å². The van der Waals surface area contributed by atoms with Crippen LogP contribution in [0.3, 0.4) is 0 Å². The Balaban J connectivity index is 1.26. The Bertz CT molecular complexity index is 1520. The van der Waals surface area contributed by atoms with Crippen LogP contribution in [0, 0.1) is 0 Å². The summed E-state index contributed by atoms with van der Waals surface area (Å²) in [7, 11) is -4.15. The fraction of sp³-hybridized carbons (Fsp3) is 0. The normalized spacial score (nSPS) is 11.0. The highest BCUT2D eigenvalue weighted by molar-refractivity contribution is 7.49. The summed E-state index contributed by atoms with van der Waals surface area (Å²) in [5.74, 6) is 1.11. The van der Waals surface area contributed by atoms with Crippen LogP contribution < -0.4 is 13.6 Å². The summed E-state index contributed by atoms with van der Waals surface area (Å²) in [6, 6.07) is 52.1. The van der Waals surface area contributed by atoms with E-state index in [0.717, 1.165) is 33.4 Å². The van der Waals surface area contributed by atoms with Crippen LogP contribution in [-0.2, 0) is 4.57 Å². The minimum Gasteiger partial charge on any atom is -0.386 e. The highest BCUT2D eigenvalue weighted by atomic mass is 31.2. The van der Waals surface area contributed by atoms with E-state index in [1.807, 2.05) is 127 Å². The second kappa shape index (κ2) is 12.0. The molecule has 6 aromatic rings. The van der Waals surface area contributed by atoms with E-state index in [0.29, 0.717) is 17.2 Å². The summed E-state index contributed by atoms with van der Waals surface area (Å²) < 4.78 is 31.9. The molecular formula is C36H27O4P. The monoisotopic (exact) mass is 554 g/mol. The van der Waals surface area contributed by atoms with Crippen molar-refractivity contribution in [2.75, 3.05) is 0 Å². The van der Waals surface area contributed by atoms with Crippen LogP contribution >= 0.6 is 7.82 Å². The van der Waals surface area contributed by atoms with Gasteiger partial charge in [-0.1, -0.05) is 127 Å². The van der Waals surface area contributed by atoms with Gasteiger partial charge in [0.2, 0.25) is 0 Å². The SMILES string of the molecule is O=P(Oc1ccc(-c2ccccc2)cc1)(Oc1ccc(-c2ccccc2)cc1)Oc1ccc(-c2ccccc2)cc1. The zero-order valence-electron chi connectivity index (χ0n) is 22.2. The second-order valence-corrected chi connectivity index (χ2v) is 10.8. The summed E-state index contributed by atoms with van der Waals surface area (Å²) in [5.41, 5.74) is 6.28. The molecule has 41 heavy (non-hydrogen) atoms. The first-order chi connectivity index (χ1) is 20.1. The third-order valence-corrected chi connectivity index (χ3v) is 7.84. The fourth-order valence-corrected chi connectivity index (χ4v) is 5.71. The van der Waals surface area contributed by atoms with Crippen molar-refractivity contribution in [3.63, 3.8) is 0 Å². The average Bonchev–Trinajstić information content (AvgIpc) is 3.03. The first kappa shape index (κ1) is 26.2. The fourth-order valence-electron chi connectivity index (χ4n) is 4.46. The van der Waals surface area contributed by atoms with Crippen LogP contribution in [0.15, 0.2) is 164 Å². The van der Waals surface area contributed by atoms with Gasteiger partial charge in [0.05, 0.1) is 0 Å². The van der Waals surface area contributed by atoms with E-state index in [2.05, 4.69) is 0 Å². The lowest BCUT2D eigenvalue weighted by Crippen LogP contribution is -2.07. The zero-order chi connectivity index (χ0) is 27.9. The topological polar surface area (TPSA) is 44.8 Å². The molecule has 5 heteroatoms. The van der Waals surface area contributed by atoms with Crippen molar-refractivity contribution >= 4 is 7.82 Å². The smallest absolute Gasteiger partial charge is 0.386 e. The van der Waals surface area contributed by atoms with Gasteiger partial charge >= 0.3 is 7.82 Å². The maximum Gasteiger partial charge on any atom is 0.647 e. The molecular weight excluding hydrogens is 527 g/mol. The summed E-state index contributed by atoms with van der Waals surface area (Å²) in [6.45, 7) is 0. The van der Waals surface area contributed by atoms with E-state index in [1.165, 1.54) is 0 Å². The van der Waals surface area contributed by atoms with Crippen molar-refractivity contribution < 1.29 is 18.1 Å². The van der Waals surface area contributed by atoms with Crippen molar-refractivity contribution in [1.29, 1.82) is 0 Å². The van der Waals surface area contributed by atoms with Crippen LogP contribution in [0.1, 0.15) is 0 Å². The van der Waals surface area contributed by atoms with Crippen molar-refractivity contribution in [2.45, 2.75) is 0 Å². The Hall–Kier alpha value is -5.05. The first-order valence-electron chi connectivity index (χ1n) is 13.3. The first-order valence-corrected chi connectivity index (χ1v) is 14.7. The Morgan fingerprint density at radius 3 is 0.756 bits per heavy atom. The molecule has 0 aliphatic rings. The molecule has 0 saturated carbocycles. The molecule has 0 bridgehead atoms. The minimum absolute atomic E-state index is 0.370. The lowest BCUT2D eigenvalue weighted by molar-refractivity contribution is 0.298. The largest absolute Gasteiger partial charge is 0.647 e. The van der Waals surface area contributed by atoms with Gasteiger partial charge in [-0.15, -0.1) is 0 Å². The van der Waals surface area contributed by atoms with Gasteiger partial charge in [0, 0.05) is 0 Å². The van der Waals surface area contributed by atoms with Crippen molar-refractivity contribution in [1.82, 2.24) is 0 Å². The minimum atomic E-state index is -4.15. The van der Waals surface area contributed by atoms with Gasteiger partial charge in [-0.3, -0.25) is 0 Å². The molecule has 0 saturated heterocycles. The standard InChI is InChI=1S/C36H27O4P/c37-41(38-34-22-16-31(17-23-34)28-10-4-1-5-11-28,39-35-24-18-32(19-25-35)29-12-6-2-7-13-29)40-36-26-20-33(21-27-36)30-14-8-3-9-15-30/h1-27H. The maximum absolute atomic E-state index is 14.1. The van der Waals surface area contributed by atoms with Crippen LogP contribution in [0.25, 0.3) is 33.4 Å². The molecule has 0 N–H and O–H groups in total. The van der Waals surface area contributed by atoms with Crippen LogP contribution in [0.4, 0.5) is 0 Å². The van der Waals surface area contributed by atoms with E-state index >= 15 is 0 Å². The lowest BCUT2D eigenvalue weighted by Gasteiger charge is -2.20. The van der Waals surface area contributed by atoms with E-state index < -0.39 is 7.82 Å². The summed E-state index contributed by atoms with van der Waals surface area (Å²) in [4.78, 5) is 0. The molecule has 4 nitrogen and oxygen atoms in total. The maximum atomic E-state index is 14.1. The van der Waals surface area contributed by atoms with E-state index in [-0.39, 0.29) is 0 Å². The number of hydrogen-bond donors (Lipinski definition) is 0. The summed E-state index contributed by atoms with van der Waals surface area (Å²) in [6.07, 6.45) is 0. The quantitative estimate of drug-likeness (QED) is 0.167. The van der Waals surface area contributed by atoms with E-state index in [9.17, 15) is 4.57 Å². The molecule has 0 unspecified atom stereocenters. The van der Waals surface area contributed by atoms with Crippen molar-refractivity contribution in [2.24, 2.45) is 0 Å². The number of phosphoric ester groups is 1. The predicted molar refractivity (Wildman–Crippen MR) is 165 cm³/mol. The number of hydrogen-bond acceptors (Lipinski definition) is 4. The zero-order valence-corrected chi connectivity index (χ0v) is 23.1. The molecule has 0 heterocycles. The van der Waals surface area contributed by atoms with Gasteiger partial charge in [-0.2, -0.15) is 4.57 Å². The highest BCUT2D eigenvalue weighted by Gasteiger charge is 2.33. The van der Waals surface area contributed by atoms with E-state index in [4.69, 9.17) is 13.6 Å². The van der Waals surface area contributed by atoms with Gasteiger partial charge in [0.25, 0.3) is 0 Å². The molecule has 0 aliphatic heterocycles. The molecule has 6 aromatic carbocycles. The number of rotatable bonds is 9. The van der Waals surface area contributed by atoms with Gasteiger partial charge in [-0.05, 0) is 69.8 Å². The van der Waals surface area contributed by atoms with Crippen molar-refractivity contribution in [3.05, 3.63) is 164 Å². The van der Waals surface area contributed by atoms with Gasteiger partial charge in [0.1, 0.15) is 17.2 Å². The third-order valence-electron chi connectivity index (χ3n) is 6.54. The molecule has 6 rings (SSSR count). The van der Waals surface area contributed by atoms with Crippen LogP contribution in [0.5, 0.6) is 17.2 Å². The predicted octanol–water partition coefficient (Wildman–Crippen LogP) is 10.3. The Morgan fingerprint density at radius 2 is 0.512 bits per heavy atom. The summed E-state index contributed by atoms with van der Waals surface area (Å²) in [5, 5.41) is 0. The summed E-state index contributed by atoms with van der Waals surface area (Å²) >= 11 is 0. The number of phosphoric acid groups is 1. The van der Waals surface area contributed by atoms with Gasteiger partial charge < -0.3 is 13.6 Å². The number of benzene rings is 6. The highest BCUT2D eigenvalue weighted by Crippen LogP contribution is 2.50. The molecule has 0 aliphatic carbocycles. The molecule has 0 radical (unpaired) electrons. The Kier molecular flexibility index (Phi) is 7.66. The third kappa shape index (κ3) is 6.58. The van der Waals surface area contributed by atoms with Crippen LogP contribution in [-0.4, -0.2) is 0 Å². The average molecular weight is 555 g/mol.